The average Bonchev–Trinajstić information content (AvgIpc) is 3.76. The Labute approximate surface area is 300 Å². The number of hydrogen-bond acceptors (Lipinski definition) is 6. The number of hydrogen-bond donors (Lipinski definition) is 1. The van der Waals surface area contributed by atoms with E-state index in [0.29, 0.717) is 47.8 Å². The molecule has 3 amide bonds. The van der Waals surface area contributed by atoms with E-state index < -0.39 is 0 Å². The number of urea groups is 1. The smallest absolute Gasteiger partial charge is 0.326 e. The highest BCUT2D eigenvalue weighted by Gasteiger charge is 2.38. The number of H-pyrrole nitrogens is 1. The molecule has 49 heavy (non-hydrogen) atoms. The molecule has 2 atom stereocenters. The van der Waals surface area contributed by atoms with E-state index in [-0.39, 0.29) is 36.9 Å². The Morgan fingerprint density at radius 2 is 1.80 bits per heavy atom. The van der Waals surface area contributed by atoms with Crippen LogP contribution in [0.5, 0.6) is 11.5 Å². The first kappa shape index (κ1) is 33.5. The zero-order valence-electron chi connectivity index (χ0n) is 27.5. The summed E-state index contributed by atoms with van der Waals surface area (Å²) in [6.07, 6.45) is 3.15. The molecule has 0 saturated carbocycles. The first-order valence-corrected chi connectivity index (χ1v) is 18.2. The number of aromatic amines is 1. The fourth-order valence-electron chi connectivity index (χ4n) is 7.14. The first-order valence-electron chi connectivity index (χ1n) is 16.5. The van der Waals surface area contributed by atoms with Crippen molar-refractivity contribution in [3.8, 4) is 11.5 Å². The maximum atomic E-state index is 14.5. The third-order valence-corrected chi connectivity index (χ3v) is 11.2. The Morgan fingerprint density at radius 1 is 0.939 bits per heavy atom. The molecule has 2 aliphatic heterocycles. The fourth-order valence-corrected chi connectivity index (χ4v) is 8.57. The summed E-state index contributed by atoms with van der Waals surface area (Å²) in [4.78, 5) is 38.4. The number of imide groups is 1. The molecule has 8 nitrogen and oxygen atoms in total. The minimum absolute atomic E-state index is 0.184. The number of carbonyl (C=O) groups excluding carboxylic acids is 2. The molecule has 1 fully saturated rings. The van der Waals surface area contributed by atoms with Crippen molar-refractivity contribution in [2.45, 2.75) is 38.3 Å². The number of methoxy groups -OCH3 is 1. The molecule has 0 bridgehead atoms. The van der Waals surface area contributed by atoms with Crippen LogP contribution in [0.25, 0.3) is 10.9 Å². The van der Waals surface area contributed by atoms with Gasteiger partial charge < -0.3 is 19.4 Å². The highest BCUT2D eigenvalue weighted by molar-refractivity contribution is 7.10. The highest BCUT2D eigenvalue weighted by atomic mass is 35.5. The van der Waals surface area contributed by atoms with Crippen molar-refractivity contribution in [1.82, 2.24) is 19.7 Å². The van der Waals surface area contributed by atoms with Crippen molar-refractivity contribution in [3.63, 3.8) is 0 Å². The second-order valence-corrected chi connectivity index (χ2v) is 14.3. The molecular formula is C38H38Cl2N4O4S. The maximum Gasteiger partial charge on any atom is 0.326 e. The van der Waals surface area contributed by atoms with Crippen LogP contribution in [0.2, 0.25) is 10.0 Å². The summed E-state index contributed by atoms with van der Waals surface area (Å²) in [6.45, 7) is 4.84. The lowest BCUT2D eigenvalue weighted by atomic mass is 9.90. The van der Waals surface area contributed by atoms with E-state index in [2.05, 4.69) is 27.4 Å². The van der Waals surface area contributed by atoms with E-state index in [1.165, 1.54) is 15.3 Å². The molecular weight excluding hydrogens is 679 g/mol. The Balaban J connectivity index is 1.21. The summed E-state index contributed by atoms with van der Waals surface area (Å²) in [6, 6.07) is 21.1. The lowest BCUT2D eigenvalue weighted by molar-refractivity contribution is -0.131. The number of para-hydroxylation sites is 1. The van der Waals surface area contributed by atoms with Crippen molar-refractivity contribution >= 4 is 57.4 Å². The number of thiophene rings is 1. The molecule has 1 N–H and O–H groups in total. The van der Waals surface area contributed by atoms with Gasteiger partial charge in [0.2, 0.25) is 5.91 Å². The molecule has 5 aromatic rings. The van der Waals surface area contributed by atoms with Gasteiger partial charge >= 0.3 is 6.03 Å². The standard InChI is InChI=1S/C38H38Cl2N4O4S/c1-3-48-34-11-8-24(18-35(34)47-2)30(29-20-41-32-7-5-4-6-27(29)32)22-43-16-13-37(45)44(38(43)46)23-33(28-10-9-26(39)19-31(28)40)42-15-12-36-25(21-42)14-17-49-36/h4-11,14,17-20,30,33,41H,3,12-13,15-16,21-23H2,1-2H3. The van der Waals surface area contributed by atoms with Gasteiger partial charge in [-0.25, -0.2) is 4.79 Å². The van der Waals surface area contributed by atoms with Gasteiger partial charge in [0.15, 0.2) is 11.5 Å². The largest absolute Gasteiger partial charge is 0.493 e. The van der Waals surface area contributed by atoms with Gasteiger partial charge in [-0.05, 0) is 77.4 Å². The third kappa shape index (κ3) is 6.77. The lowest BCUT2D eigenvalue weighted by Crippen LogP contribution is -2.55. The van der Waals surface area contributed by atoms with E-state index in [1.807, 2.05) is 66.6 Å². The van der Waals surface area contributed by atoms with Crippen molar-refractivity contribution in [2.24, 2.45) is 0 Å². The van der Waals surface area contributed by atoms with E-state index in [1.54, 1.807) is 24.5 Å². The lowest BCUT2D eigenvalue weighted by Gasteiger charge is -2.41. The number of halogens is 2. The second kappa shape index (κ2) is 14.5. The SMILES string of the molecule is CCOc1ccc(C(CN2CCC(=O)N(CC(c3ccc(Cl)cc3Cl)N3CCc4sccc4C3)C2=O)c2c[nH]c3ccccc23)cc1OC. The van der Waals surface area contributed by atoms with Crippen LogP contribution in [0.4, 0.5) is 4.79 Å². The number of fused-ring (bicyclic) bond motifs is 2. The van der Waals surface area contributed by atoms with Crippen LogP contribution in [-0.4, -0.2) is 71.5 Å². The Bertz CT molecular complexity index is 1990. The number of amides is 3. The molecule has 254 valence electrons. The van der Waals surface area contributed by atoms with Crippen LogP contribution >= 0.6 is 34.5 Å². The maximum absolute atomic E-state index is 14.5. The van der Waals surface area contributed by atoms with Gasteiger partial charge in [-0.15, -0.1) is 11.3 Å². The molecule has 11 heteroatoms. The van der Waals surface area contributed by atoms with Crippen LogP contribution in [0.1, 0.15) is 52.4 Å². The predicted octanol–water partition coefficient (Wildman–Crippen LogP) is 8.53. The number of rotatable bonds is 11. The number of aromatic nitrogens is 1. The van der Waals surface area contributed by atoms with E-state index >= 15 is 0 Å². The topological polar surface area (TPSA) is 78.1 Å². The molecule has 1 saturated heterocycles. The molecule has 2 aromatic heterocycles. The first-order chi connectivity index (χ1) is 23.8. The van der Waals surface area contributed by atoms with E-state index in [4.69, 9.17) is 32.7 Å². The molecule has 4 heterocycles. The summed E-state index contributed by atoms with van der Waals surface area (Å²) in [5.41, 5.74) is 5.17. The molecule has 2 aliphatic rings. The Kier molecular flexibility index (Phi) is 9.87. The highest BCUT2D eigenvalue weighted by Crippen LogP contribution is 2.39. The van der Waals surface area contributed by atoms with Gasteiger partial charge in [0.1, 0.15) is 0 Å². The molecule has 0 aliphatic carbocycles. The number of carbonyl (C=O) groups is 2. The summed E-state index contributed by atoms with van der Waals surface area (Å²) in [5, 5.41) is 4.26. The summed E-state index contributed by atoms with van der Waals surface area (Å²) >= 11 is 14.9. The van der Waals surface area contributed by atoms with Crippen molar-refractivity contribution in [3.05, 3.63) is 115 Å². The van der Waals surface area contributed by atoms with Gasteiger partial charge in [0, 0.05) is 70.5 Å². The van der Waals surface area contributed by atoms with Gasteiger partial charge in [-0.3, -0.25) is 14.6 Å². The monoisotopic (exact) mass is 716 g/mol. The molecule has 0 radical (unpaired) electrons. The van der Waals surface area contributed by atoms with Crippen LogP contribution in [0.3, 0.4) is 0 Å². The van der Waals surface area contributed by atoms with Crippen LogP contribution in [-0.2, 0) is 17.8 Å². The summed E-state index contributed by atoms with van der Waals surface area (Å²) < 4.78 is 11.5. The van der Waals surface area contributed by atoms with Crippen LogP contribution < -0.4 is 9.47 Å². The van der Waals surface area contributed by atoms with Gasteiger partial charge in [0.05, 0.1) is 26.3 Å². The summed E-state index contributed by atoms with van der Waals surface area (Å²) in [7, 11) is 1.63. The minimum atomic E-state index is -0.303. The van der Waals surface area contributed by atoms with Crippen LogP contribution in [0, 0.1) is 0 Å². The van der Waals surface area contributed by atoms with Gasteiger partial charge in [0.25, 0.3) is 0 Å². The van der Waals surface area contributed by atoms with Crippen molar-refractivity contribution in [1.29, 1.82) is 0 Å². The Morgan fingerprint density at radius 3 is 2.61 bits per heavy atom. The van der Waals surface area contributed by atoms with Crippen molar-refractivity contribution < 1.29 is 19.1 Å². The summed E-state index contributed by atoms with van der Waals surface area (Å²) in [5.74, 6) is 0.900. The number of benzene rings is 3. The van der Waals surface area contributed by atoms with Gasteiger partial charge in [-0.2, -0.15) is 0 Å². The zero-order valence-corrected chi connectivity index (χ0v) is 29.8. The third-order valence-electron chi connectivity index (χ3n) is 9.64. The quantitative estimate of drug-likeness (QED) is 0.148. The Hall–Kier alpha value is -4.02. The van der Waals surface area contributed by atoms with Crippen LogP contribution in [0.15, 0.2) is 78.3 Å². The average molecular weight is 718 g/mol. The number of ether oxygens (including phenoxy) is 2. The fraction of sp³-hybridized carbons (Fsp3) is 0.316. The zero-order chi connectivity index (χ0) is 34.1. The number of nitrogens with zero attached hydrogens (tertiary/aromatic N) is 3. The van der Waals surface area contributed by atoms with E-state index in [0.717, 1.165) is 40.6 Å². The molecule has 0 spiro atoms. The van der Waals surface area contributed by atoms with E-state index in [9.17, 15) is 9.59 Å². The normalized spacial score (nSPS) is 16.6. The van der Waals surface area contributed by atoms with Crippen molar-refractivity contribution in [2.75, 3.05) is 39.9 Å². The second-order valence-electron chi connectivity index (χ2n) is 12.4. The molecule has 2 unspecified atom stereocenters. The van der Waals surface area contributed by atoms with Gasteiger partial charge in [-0.1, -0.05) is 53.5 Å². The number of nitrogens with one attached hydrogen (secondary N) is 1. The molecule has 3 aromatic carbocycles. The predicted molar refractivity (Wildman–Crippen MR) is 195 cm³/mol. The minimum Gasteiger partial charge on any atom is -0.493 e. The molecule has 7 rings (SSSR count).